The number of nitrogens with one attached hydrogen (secondary N) is 1. The highest BCUT2D eigenvalue weighted by Crippen LogP contribution is 2.27. The fraction of sp³-hybridized carbons (Fsp3) is 0.733. The molecular weight excluding hydrogens is 302 g/mol. The molecule has 2 rings (SSSR count). The molecule has 2 heterocycles. The van der Waals surface area contributed by atoms with Crippen molar-refractivity contribution in [3.63, 3.8) is 0 Å². The van der Waals surface area contributed by atoms with Gasteiger partial charge in [-0.1, -0.05) is 0 Å². The molecule has 2 unspecified atom stereocenters. The van der Waals surface area contributed by atoms with Crippen LogP contribution in [-0.2, 0) is 23.9 Å². The van der Waals surface area contributed by atoms with Crippen molar-refractivity contribution >= 4 is 23.7 Å². The Labute approximate surface area is 135 Å². The zero-order chi connectivity index (χ0) is 17.4. The normalized spacial score (nSPS) is 25.4. The minimum Gasteiger partial charge on any atom is -0.469 e. The third-order valence-corrected chi connectivity index (χ3v) is 4.18. The number of carbonyl (C=O) groups is 4. The van der Waals surface area contributed by atoms with Gasteiger partial charge in [0.25, 0.3) is 0 Å². The summed E-state index contributed by atoms with van der Waals surface area (Å²) in [5.41, 5.74) is 2.12. The Balaban J connectivity index is 2.07. The molecule has 2 aliphatic rings. The molecule has 8 nitrogen and oxygen atoms in total. The van der Waals surface area contributed by atoms with E-state index in [-0.39, 0.29) is 36.7 Å². The van der Waals surface area contributed by atoms with Gasteiger partial charge in [-0.25, -0.2) is 0 Å². The van der Waals surface area contributed by atoms with Crippen LogP contribution in [0.3, 0.4) is 0 Å². The number of esters is 1. The molecule has 0 bridgehead atoms. The number of likely N-dealkylation sites (tertiary alicyclic amines) is 1. The topological polar surface area (TPSA) is 96.0 Å². The first-order chi connectivity index (χ1) is 10.6. The molecule has 2 atom stereocenters. The molecule has 128 valence electrons. The molecule has 8 heteroatoms. The lowest BCUT2D eigenvalue weighted by Crippen LogP contribution is -2.56. The fourth-order valence-corrected chi connectivity index (χ4v) is 2.96. The molecule has 0 aromatic rings. The van der Waals surface area contributed by atoms with Crippen LogP contribution in [0.2, 0.25) is 0 Å². The first-order valence-corrected chi connectivity index (χ1v) is 7.62. The molecule has 0 radical (unpaired) electrons. The van der Waals surface area contributed by atoms with E-state index in [1.54, 1.807) is 4.90 Å². The maximum atomic E-state index is 12.6. The van der Waals surface area contributed by atoms with E-state index in [2.05, 4.69) is 10.2 Å². The molecule has 0 aliphatic carbocycles. The highest BCUT2D eigenvalue weighted by atomic mass is 16.5. The van der Waals surface area contributed by atoms with Crippen LogP contribution in [0.5, 0.6) is 0 Å². The second-order valence-corrected chi connectivity index (χ2v) is 6.98. The van der Waals surface area contributed by atoms with Gasteiger partial charge in [-0.05, 0) is 20.8 Å². The maximum Gasteiger partial charge on any atom is 0.311 e. The quantitative estimate of drug-likeness (QED) is 0.702. The van der Waals surface area contributed by atoms with Crippen LogP contribution in [0, 0.1) is 11.8 Å². The van der Waals surface area contributed by atoms with Crippen molar-refractivity contribution in [2.24, 2.45) is 11.8 Å². The lowest BCUT2D eigenvalue weighted by atomic mass is 10.0. The number of carbonyl (C=O) groups excluding carboxylic acids is 4. The molecule has 0 spiro atoms. The van der Waals surface area contributed by atoms with Crippen LogP contribution in [0.25, 0.3) is 0 Å². The smallest absolute Gasteiger partial charge is 0.311 e. The summed E-state index contributed by atoms with van der Waals surface area (Å²) in [7, 11) is 1.25. The molecule has 2 saturated heterocycles. The van der Waals surface area contributed by atoms with E-state index in [0.717, 1.165) is 5.01 Å². The van der Waals surface area contributed by atoms with E-state index in [1.807, 2.05) is 20.8 Å². The molecule has 2 fully saturated rings. The molecule has 0 aromatic heterocycles. The first-order valence-electron chi connectivity index (χ1n) is 7.62. The van der Waals surface area contributed by atoms with E-state index in [9.17, 15) is 19.2 Å². The van der Waals surface area contributed by atoms with Crippen molar-refractivity contribution in [2.45, 2.75) is 39.2 Å². The van der Waals surface area contributed by atoms with Gasteiger partial charge < -0.3 is 9.64 Å². The first kappa shape index (κ1) is 17.2. The number of methoxy groups -OCH3 is 1. The van der Waals surface area contributed by atoms with Crippen LogP contribution < -0.4 is 5.43 Å². The van der Waals surface area contributed by atoms with Crippen LogP contribution in [0.15, 0.2) is 0 Å². The van der Waals surface area contributed by atoms with Gasteiger partial charge in [-0.2, -0.15) is 0 Å². The Morgan fingerprint density at radius 2 is 1.78 bits per heavy atom. The average Bonchev–Trinajstić information content (AvgIpc) is 2.87. The van der Waals surface area contributed by atoms with E-state index in [1.165, 1.54) is 7.11 Å². The monoisotopic (exact) mass is 325 g/mol. The standard InChI is InChI=1S/C15H23N3O5/c1-15(2,3)17-7-9(6-12(17)20)13(21)18-8-10(14(22)23-4)5-11(19)16-18/h9-10H,5-8H2,1-4H3,(H,16,19). The summed E-state index contributed by atoms with van der Waals surface area (Å²) in [6.07, 6.45) is 0.111. The number of hydrogen-bond donors (Lipinski definition) is 1. The van der Waals surface area contributed by atoms with Crippen LogP contribution in [0.1, 0.15) is 33.6 Å². The van der Waals surface area contributed by atoms with Crippen LogP contribution in [-0.4, -0.2) is 59.3 Å². The molecule has 2 aliphatic heterocycles. The summed E-state index contributed by atoms with van der Waals surface area (Å²) in [5, 5.41) is 1.15. The Morgan fingerprint density at radius 1 is 1.13 bits per heavy atom. The summed E-state index contributed by atoms with van der Waals surface area (Å²) in [5.74, 6) is -2.53. The van der Waals surface area contributed by atoms with Gasteiger partial charge in [0.2, 0.25) is 17.7 Å². The zero-order valence-corrected chi connectivity index (χ0v) is 13.9. The summed E-state index contributed by atoms with van der Waals surface area (Å²) in [4.78, 5) is 49.7. The van der Waals surface area contributed by atoms with Crippen LogP contribution >= 0.6 is 0 Å². The Hall–Kier alpha value is -2.12. The predicted molar refractivity (Wildman–Crippen MR) is 79.6 cm³/mol. The summed E-state index contributed by atoms with van der Waals surface area (Å²) in [6.45, 7) is 6.11. The SMILES string of the molecule is COC(=O)C1CC(=O)NN(C(=O)C2CC(=O)N(C(C)(C)C)C2)C1. The number of hydrogen-bond acceptors (Lipinski definition) is 5. The van der Waals surface area contributed by atoms with Gasteiger partial charge in [0.1, 0.15) is 0 Å². The Morgan fingerprint density at radius 3 is 2.30 bits per heavy atom. The van der Waals surface area contributed by atoms with E-state index in [0.29, 0.717) is 6.54 Å². The van der Waals surface area contributed by atoms with Gasteiger partial charge in [0.05, 0.1) is 25.5 Å². The van der Waals surface area contributed by atoms with Gasteiger partial charge in [-0.15, -0.1) is 0 Å². The van der Waals surface area contributed by atoms with Crippen molar-refractivity contribution in [2.75, 3.05) is 20.2 Å². The predicted octanol–water partition coefficient (Wildman–Crippen LogP) is -0.314. The third kappa shape index (κ3) is 3.62. The Bertz CT molecular complexity index is 540. The van der Waals surface area contributed by atoms with Gasteiger partial charge in [0, 0.05) is 24.9 Å². The third-order valence-electron chi connectivity index (χ3n) is 4.18. The van der Waals surface area contributed by atoms with Crippen molar-refractivity contribution in [1.82, 2.24) is 15.3 Å². The van der Waals surface area contributed by atoms with Crippen LogP contribution in [0.4, 0.5) is 0 Å². The molecule has 0 aromatic carbocycles. The van der Waals surface area contributed by atoms with Gasteiger partial charge >= 0.3 is 5.97 Å². The van der Waals surface area contributed by atoms with Crippen molar-refractivity contribution < 1.29 is 23.9 Å². The van der Waals surface area contributed by atoms with Gasteiger partial charge in [0.15, 0.2) is 0 Å². The average molecular weight is 325 g/mol. The largest absolute Gasteiger partial charge is 0.469 e. The lowest BCUT2D eigenvalue weighted by molar-refractivity contribution is -0.158. The van der Waals surface area contributed by atoms with Gasteiger partial charge in [-0.3, -0.25) is 29.6 Å². The maximum absolute atomic E-state index is 12.6. The van der Waals surface area contributed by atoms with E-state index in [4.69, 9.17) is 0 Å². The highest BCUT2D eigenvalue weighted by Gasteiger charge is 2.43. The number of amides is 3. The second-order valence-electron chi connectivity index (χ2n) is 6.98. The molecule has 1 N–H and O–H groups in total. The summed E-state index contributed by atoms with van der Waals surface area (Å²) < 4.78 is 4.65. The molecule has 3 amide bonds. The summed E-state index contributed by atoms with van der Waals surface area (Å²) >= 11 is 0. The zero-order valence-electron chi connectivity index (χ0n) is 13.9. The lowest BCUT2D eigenvalue weighted by Gasteiger charge is -2.34. The number of hydrazine groups is 1. The van der Waals surface area contributed by atoms with Crippen molar-refractivity contribution in [1.29, 1.82) is 0 Å². The molecule has 23 heavy (non-hydrogen) atoms. The minimum absolute atomic E-state index is 0.00579. The summed E-state index contributed by atoms with van der Waals surface area (Å²) in [6, 6.07) is 0. The van der Waals surface area contributed by atoms with E-state index < -0.39 is 23.7 Å². The minimum atomic E-state index is -0.673. The van der Waals surface area contributed by atoms with Crippen molar-refractivity contribution in [3.8, 4) is 0 Å². The Kier molecular flexibility index (Phi) is 4.63. The number of rotatable bonds is 2. The second kappa shape index (κ2) is 6.17. The number of ether oxygens (including phenoxy) is 1. The fourth-order valence-electron chi connectivity index (χ4n) is 2.96. The number of nitrogens with zero attached hydrogens (tertiary/aromatic N) is 2. The van der Waals surface area contributed by atoms with Crippen molar-refractivity contribution in [3.05, 3.63) is 0 Å². The highest BCUT2D eigenvalue weighted by molar-refractivity contribution is 5.92. The molecular formula is C15H23N3O5. The van der Waals surface area contributed by atoms with E-state index >= 15 is 0 Å². The molecule has 0 saturated carbocycles.